The van der Waals surface area contributed by atoms with Crippen molar-refractivity contribution in [1.82, 2.24) is 0 Å². The molecule has 0 aromatic heterocycles. The molecule has 4 bridgehead atoms. The number of aliphatic hydroxyl groups is 1. The van der Waals surface area contributed by atoms with E-state index in [0.29, 0.717) is 5.92 Å². The van der Waals surface area contributed by atoms with Crippen LogP contribution in [0.3, 0.4) is 0 Å². The normalized spacial score (nSPS) is 51.4. The third-order valence-electron chi connectivity index (χ3n) is 8.31. The van der Waals surface area contributed by atoms with E-state index in [0.717, 1.165) is 55.3 Å². The predicted octanol–water partition coefficient (Wildman–Crippen LogP) is 3.56. The minimum atomic E-state index is -0.539. The smallest absolute Gasteiger partial charge is 0.309 e. The molecule has 0 aromatic carbocycles. The Hall–Kier alpha value is -0.830. The summed E-state index contributed by atoms with van der Waals surface area (Å²) in [5.74, 6) is 4.67. The van der Waals surface area contributed by atoms with Gasteiger partial charge in [-0.3, -0.25) is 4.79 Å². The maximum Gasteiger partial charge on any atom is 0.309 e. The van der Waals surface area contributed by atoms with Gasteiger partial charge in [0.05, 0.1) is 12.0 Å². The summed E-state index contributed by atoms with van der Waals surface area (Å²) >= 11 is 0. The van der Waals surface area contributed by atoms with E-state index < -0.39 is 5.60 Å². The van der Waals surface area contributed by atoms with Gasteiger partial charge in [0, 0.05) is 5.92 Å². The topological polar surface area (TPSA) is 46.5 Å². The van der Waals surface area contributed by atoms with Crippen molar-refractivity contribution in [2.75, 3.05) is 0 Å². The molecule has 9 unspecified atom stereocenters. The predicted molar refractivity (Wildman–Crippen MR) is 90.9 cm³/mol. The molecule has 3 nitrogen and oxygen atoms in total. The highest BCUT2D eigenvalue weighted by atomic mass is 16.6. The van der Waals surface area contributed by atoms with Crippen LogP contribution in [0.1, 0.15) is 52.4 Å². The number of aliphatic hydroxyl groups excluding tert-OH is 1. The molecule has 0 spiro atoms. The number of hydrogen-bond donors (Lipinski definition) is 1. The third kappa shape index (κ3) is 2.03. The molecular formula is C21H30O3. The van der Waals surface area contributed by atoms with E-state index in [1.807, 2.05) is 13.8 Å². The van der Waals surface area contributed by atoms with E-state index in [2.05, 4.69) is 12.2 Å². The number of carbonyl (C=O) groups excluding carboxylic acids is 1. The van der Waals surface area contributed by atoms with Gasteiger partial charge in [-0.1, -0.05) is 18.6 Å². The zero-order valence-electron chi connectivity index (χ0n) is 14.9. The maximum absolute atomic E-state index is 13.0. The van der Waals surface area contributed by atoms with Gasteiger partial charge < -0.3 is 9.84 Å². The van der Waals surface area contributed by atoms with Crippen LogP contribution in [0, 0.1) is 47.3 Å². The van der Waals surface area contributed by atoms with Crippen LogP contribution in [-0.4, -0.2) is 22.8 Å². The second-order valence-corrected chi connectivity index (χ2v) is 9.73. The molecule has 0 saturated heterocycles. The average Bonchev–Trinajstić information content (AvgIpc) is 3.31. The molecule has 0 radical (unpaired) electrons. The number of hydrogen-bond acceptors (Lipinski definition) is 3. The van der Waals surface area contributed by atoms with Crippen molar-refractivity contribution in [3.63, 3.8) is 0 Å². The lowest BCUT2D eigenvalue weighted by atomic mass is 9.69. The molecular weight excluding hydrogens is 300 g/mol. The maximum atomic E-state index is 13.0. The second-order valence-electron chi connectivity index (χ2n) is 9.73. The summed E-state index contributed by atoms with van der Waals surface area (Å²) in [6.45, 7) is 4.00. The zero-order chi connectivity index (χ0) is 16.6. The summed E-state index contributed by atoms with van der Waals surface area (Å²) in [6.07, 6.45) is 11.0. The summed E-state index contributed by atoms with van der Waals surface area (Å²) in [7, 11) is 0. The van der Waals surface area contributed by atoms with Gasteiger partial charge in [0.1, 0.15) is 5.60 Å². The first-order valence-corrected chi connectivity index (χ1v) is 10.0. The first kappa shape index (κ1) is 15.4. The first-order chi connectivity index (χ1) is 11.5. The minimum Gasteiger partial charge on any atom is -0.459 e. The lowest BCUT2D eigenvalue weighted by Gasteiger charge is -2.39. The van der Waals surface area contributed by atoms with Crippen molar-refractivity contribution >= 4 is 5.97 Å². The number of fused-ring (bicyclic) bond motifs is 9. The summed E-state index contributed by atoms with van der Waals surface area (Å²) in [5.41, 5.74) is -0.539. The van der Waals surface area contributed by atoms with Crippen LogP contribution in [0.25, 0.3) is 0 Å². The van der Waals surface area contributed by atoms with Gasteiger partial charge in [-0.15, -0.1) is 0 Å². The summed E-state index contributed by atoms with van der Waals surface area (Å²) in [6, 6.07) is 0. The van der Waals surface area contributed by atoms with Crippen molar-refractivity contribution in [2.45, 2.75) is 64.1 Å². The van der Waals surface area contributed by atoms with Crippen molar-refractivity contribution in [2.24, 2.45) is 47.3 Å². The van der Waals surface area contributed by atoms with Crippen molar-refractivity contribution in [3.05, 3.63) is 12.2 Å². The van der Waals surface area contributed by atoms with E-state index in [9.17, 15) is 9.90 Å². The second kappa shape index (κ2) is 5.09. The van der Waals surface area contributed by atoms with Gasteiger partial charge in [0.2, 0.25) is 0 Å². The fourth-order valence-electron chi connectivity index (χ4n) is 7.45. The Morgan fingerprint density at radius 2 is 1.83 bits per heavy atom. The summed E-state index contributed by atoms with van der Waals surface area (Å²) < 4.78 is 6.04. The largest absolute Gasteiger partial charge is 0.459 e. The lowest BCUT2D eigenvalue weighted by molar-refractivity contribution is -0.173. The Labute approximate surface area is 144 Å². The SMILES string of the molecule is CC(C)(OC(=O)C1CC2CC1C1C3C=CC(C3)C21)C1CCCC1O. The van der Waals surface area contributed by atoms with Crippen LogP contribution in [0.2, 0.25) is 0 Å². The highest BCUT2D eigenvalue weighted by molar-refractivity contribution is 5.74. The van der Waals surface area contributed by atoms with Gasteiger partial charge in [-0.25, -0.2) is 0 Å². The van der Waals surface area contributed by atoms with Crippen molar-refractivity contribution < 1.29 is 14.6 Å². The standard InChI is InChI=1S/C21H30O3/c1-21(2,16-4-3-5-17(16)22)24-20(23)15-10-13-9-14(15)19-12-7-6-11(8-12)18(13)19/h6-7,11-19,22H,3-5,8-10H2,1-2H3. The van der Waals surface area contributed by atoms with Gasteiger partial charge in [0.25, 0.3) is 0 Å². The fraction of sp³-hybridized carbons (Fsp3) is 0.857. The molecule has 5 aliphatic carbocycles. The lowest BCUT2D eigenvalue weighted by Crippen LogP contribution is -2.44. The number of allylic oxidation sites excluding steroid dienone is 2. The van der Waals surface area contributed by atoms with E-state index in [-0.39, 0.29) is 23.9 Å². The average molecular weight is 330 g/mol. The van der Waals surface area contributed by atoms with Crippen LogP contribution in [0.4, 0.5) is 0 Å². The van der Waals surface area contributed by atoms with Crippen LogP contribution >= 0.6 is 0 Å². The summed E-state index contributed by atoms with van der Waals surface area (Å²) in [4.78, 5) is 13.0. The van der Waals surface area contributed by atoms with E-state index >= 15 is 0 Å². The summed E-state index contributed by atoms with van der Waals surface area (Å²) in [5, 5.41) is 10.2. The Morgan fingerprint density at radius 1 is 1.08 bits per heavy atom. The molecule has 4 saturated carbocycles. The Kier molecular flexibility index (Phi) is 3.27. The van der Waals surface area contributed by atoms with Crippen LogP contribution in [-0.2, 0) is 9.53 Å². The quantitative estimate of drug-likeness (QED) is 0.489. The number of rotatable bonds is 3. The molecule has 0 aromatic rings. The Bertz CT molecular complexity index is 580. The fourth-order valence-corrected chi connectivity index (χ4v) is 7.45. The van der Waals surface area contributed by atoms with Crippen molar-refractivity contribution in [1.29, 1.82) is 0 Å². The molecule has 1 N–H and O–H groups in total. The zero-order valence-corrected chi connectivity index (χ0v) is 14.9. The molecule has 5 rings (SSSR count). The monoisotopic (exact) mass is 330 g/mol. The number of ether oxygens (including phenoxy) is 1. The Morgan fingerprint density at radius 3 is 2.54 bits per heavy atom. The van der Waals surface area contributed by atoms with Gasteiger partial charge in [0.15, 0.2) is 0 Å². The highest BCUT2D eigenvalue weighted by Crippen LogP contribution is 2.67. The number of carbonyl (C=O) groups is 1. The molecule has 9 atom stereocenters. The van der Waals surface area contributed by atoms with Gasteiger partial charge in [-0.05, 0) is 81.5 Å². The third-order valence-corrected chi connectivity index (χ3v) is 8.31. The van der Waals surface area contributed by atoms with Crippen LogP contribution < -0.4 is 0 Å². The van der Waals surface area contributed by atoms with E-state index in [1.165, 1.54) is 12.8 Å². The molecule has 24 heavy (non-hydrogen) atoms. The van der Waals surface area contributed by atoms with Gasteiger partial charge in [-0.2, -0.15) is 0 Å². The van der Waals surface area contributed by atoms with E-state index in [1.54, 1.807) is 0 Å². The highest BCUT2D eigenvalue weighted by Gasteiger charge is 2.62. The van der Waals surface area contributed by atoms with Crippen LogP contribution in [0.5, 0.6) is 0 Å². The van der Waals surface area contributed by atoms with Crippen LogP contribution in [0.15, 0.2) is 12.2 Å². The first-order valence-electron chi connectivity index (χ1n) is 10.0. The molecule has 0 amide bonds. The molecule has 4 fully saturated rings. The molecule has 132 valence electrons. The molecule has 3 heteroatoms. The number of esters is 1. The van der Waals surface area contributed by atoms with Crippen molar-refractivity contribution in [3.8, 4) is 0 Å². The van der Waals surface area contributed by atoms with E-state index in [4.69, 9.17) is 4.74 Å². The molecule has 0 aliphatic heterocycles. The Balaban J connectivity index is 1.30. The minimum absolute atomic E-state index is 0.0248. The molecule has 5 aliphatic rings. The van der Waals surface area contributed by atoms with Gasteiger partial charge >= 0.3 is 5.97 Å². The molecule has 0 heterocycles.